The zero-order chi connectivity index (χ0) is 13.2. The van der Waals surface area contributed by atoms with E-state index in [9.17, 15) is 5.11 Å². The van der Waals surface area contributed by atoms with Gasteiger partial charge in [-0.15, -0.1) is 11.3 Å². The zero-order valence-corrected chi connectivity index (χ0v) is 11.7. The fourth-order valence-electron chi connectivity index (χ4n) is 1.50. The van der Waals surface area contributed by atoms with Gasteiger partial charge in [0.05, 0.1) is 5.69 Å². The number of aromatic nitrogens is 1. The minimum absolute atomic E-state index is 0.0808. The van der Waals surface area contributed by atoms with E-state index < -0.39 is 0 Å². The fourth-order valence-corrected chi connectivity index (χ4v) is 2.43. The third-order valence-corrected chi connectivity index (χ3v) is 3.44. The van der Waals surface area contributed by atoms with Crippen molar-refractivity contribution in [2.75, 3.05) is 0 Å². The number of para-hydroxylation sites is 1. The number of phenolic OH excluding ortho intramolecular Hbond substituents is 1. The van der Waals surface area contributed by atoms with Crippen molar-refractivity contribution in [1.82, 2.24) is 4.98 Å². The molecule has 0 radical (unpaired) electrons. The lowest BCUT2D eigenvalue weighted by Gasteiger charge is -2.13. The molecule has 3 heteroatoms. The van der Waals surface area contributed by atoms with E-state index >= 15 is 0 Å². The van der Waals surface area contributed by atoms with Gasteiger partial charge in [0.15, 0.2) is 0 Å². The van der Waals surface area contributed by atoms with E-state index in [-0.39, 0.29) is 5.41 Å². The monoisotopic (exact) mass is 259 g/mol. The van der Waals surface area contributed by atoms with Gasteiger partial charge < -0.3 is 5.11 Å². The van der Waals surface area contributed by atoms with Gasteiger partial charge in [-0.25, -0.2) is 4.98 Å². The van der Waals surface area contributed by atoms with Crippen molar-refractivity contribution in [3.05, 3.63) is 45.9 Å². The molecule has 1 heterocycles. The summed E-state index contributed by atoms with van der Waals surface area (Å²) in [6.45, 7) is 6.45. The molecule has 0 aliphatic carbocycles. The Kier molecular flexibility index (Phi) is 3.53. The van der Waals surface area contributed by atoms with Crippen molar-refractivity contribution >= 4 is 23.5 Å². The Balaban J connectivity index is 2.20. The molecule has 0 atom stereocenters. The summed E-state index contributed by atoms with van der Waals surface area (Å²) in [5.74, 6) is 0.293. The molecule has 0 unspecified atom stereocenters. The molecule has 0 saturated heterocycles. The van der Waals surface area contributed by atoms with Gasteiger partial charge in [-0.2, -0.15) is 0 Å². The molecule has 2 rings (SSSR count). The van der Waals surface area contributed by atoms with Gasteiger partial charge in [0, 0.05) is 16.4 Å². The molecule has 0 fully saturated rings. The van der Waals surface area contributed by atoms with E-state index in [1.54, 1.807) is 17.4 Å². The second-order valence-electron chi connectivity index (χ2n) is 5.21. The molecule has 2 aromatic rings. The van der Waals surface area contributed by atoms with Crippen LogP contribution in [0.25, 0.3) is 12.2 Å². The summed E-state index contributed by atoms with van der Waals surface area (Å²) in [6.07, 6.45) is 3.83. The van der Waals surface area contributed by atoms with Crippen LogP contribution in [0.2, 0.25) is 0 Å². The molecule has 2 nitrogen and oxygen atoms in total. The Hall–Kier alpha value is -1.61. The molecule has 1 aromatic carbocycles. The number of hydrogen-bond donors (Lipinski definition) is 1. The molecule has 18 heavy (non-hydrogen) atoms. The van der Waals surface area contributed by atoms with Crippen LogP contribution >= 0.6 is 11.3 Å². The highest BCUT2D eigenvalue weighted by Crippen LogP contribution is 2.25. The highest BCUT2D eigenvalue weighted by molar-refractivity contribution is 7.10. The minimum Gasteiger partial charge on any atom is -0.507 e. The zero-order valence-electron chi connectivity index (χ0n) is 10.8. The summed E-state index contributed by atoms with van der Waals surface area (Å²) in [4.78, 5) is 4.58. The third kappa shape index (κ3) is 2.99. The molecule has 0 spiro atoms. The first-order chi connectivity index (χ1) is 8.47. The average molecular weight is 259 g/mol. The standard InChI is InChI=1S/C15H17NOS/c1-15(2,3)13-10-18-14(16-13)9-8-11-6-4-5-7-12(11)17/h4-10,17H,1-3H3. The van der Waals surface area contributed by atoms with E-state index in [2.05, 4.69) is 31.1 Å². The van der Waals surface area contributed by atoms with Gasteiger partial charge in [-0.1, -0.05) is 39.0 Å². The van der Waals surface area contributed by atoms with Gasteiger partial charge in [0.2, 0.25) is 0 Å². The predicted molar refractivity (Wildman–Crippen MR) is 77.8 cm³/mol. The molecular weight excluding hydrogens is 242 g/mol. The van der Waals surface area contributed by atoms with Gasteiger partial charge in [0.1, 0.15) is 10.8 Å². The lowest BCUT2D eigenvalue weighted by atomic mass is 9.93. The van der Waals surface area contributed by atoms with Crippen molar-refractivity contribution in [2.45, 2.75) is 26.2 Å². The van der Waals surface area contributed by atoms with Crippen molar-refractivity contribution < 1.29 is 5.11 Å². The van der Waals surface area contributed by atoms with Crippen molar-refractivity contribution in [3.63, 3.8) is 0 Å². The Morgan fingerprint density at radius 1 is 1.17 bits per heavy atom. The first kappa shape index (κ1) is 12.8. The first-order valence-corrected chi connectivity index (χ1v) is 6.77. The second-order valence-corrected chi connectivity index (χ2v) is 6.10. The molecule has 0 aliphatic rings. The molecule has 94 valence electrons. The highest BCUT2D eigenvalue weighted by atomic mass is 32.1. The van der Waals surface area contributed by atoms with E-state index in [1.165, 1.54) is 0 Å². The first-order valence-electron chi connectivity index (χ1n) is 5.89. The number of nitrogens with zero attached hydrogens (tertiary/aromatic N) is 1. The smallest absolute Gasteiger partial charge is 0.122 e. The van der Waals surface area contributed by atoms with Crippen LogP contribution in [0.1, 0.15) is 37.0 Å². The third-order valence-electron chi connectivity index (χ3n) is 2.63. The summed E-state index contributed by atoms with van der Waals surface area (Å²) in [7, 11) is 0. The maximum atomic E-state index is 9.65. The predicted octanol–water partition coefficient (Wildman–Crippen LogP) is 4.32. The van der Waals surface area contributed by atoms with E-state index in [1.807, 2.05) is 30.4 Å². The van der Waals surface area contributed by atoms with Crippen LogP contribution in [0.15, 0.2) is 29.6 Å². The average Bonchev–Trinajstić information content (AvgIpc) is 2.76. The van der Waals surface area contributed by atoms with Gasteiger partial charge in [0.25, 0.3) is 0 Å². The van der Waals surface area contributed by atoms with Gasteiger partial charge in [-0.3, -0.25) is 0 Å². The summed E-state index contributed by atoms with van der Waals surface area (Å²) in [5, 5.41) is 12.7. The number of thiazole rings is 1. The quantitative estimate of drug-likeness (QED) is 0.871. The number of benzene rings is 1. The fraction of sp³-hybridized carbons (Fsp3) is 0.267. The summed E-state index contributed by atoms with van der Waals surface area (Å²) < 4.78 is 0. The maximum absolute atomic E-state index is 9.65. The Morgan fingerprint density at radius 3 is 2.50 bits per heavy atom. The number of aromatic hydroxyl groups is 1. The minimum atomic E-state index is 0.0808. The van der Waals surface area contributed by atoms with Crippen LogP contribution in [-0.4, -0.2) is 10.1 Å². The Bertz CT molecular complexity index is 564. The number of rotatable bonds is 2. The number of hydrogen-bond acceptors (Lipinski definition) is 3. The normalized spacial score (nSPS) is 12.2. The van der Waals surface area contributed by atoms with Crippen LogP contribution in [0.5, 0.6) is 5.75 Å². The molecule has 0 amide bonds. The van der Waals surface area contributed by atoms with E-state index in [0.717, 1.165) is 16.3 Å². The molecule has 0 saturated carbocycles. The van der Waals surface area contributed by atoms with Gasteiger partial charge >= 0.3 is 0 Å². The van der Waals surface area contributed by atoms with E-state index in [0.29, 0.717) is 5.75 Å². The molecular formula is C15H17NOS. The molecule has 1 aromatic heterocycles. The van der Waals surface area contributed by atoms with Crippen molar-refractivity contribution in [2.24, 2.45) is 0 Å². The SMILES string of the molecule is CC(C)(C)c1csc(C=Cc2ccccc2O)n1. The van der Waals surface area contributed by atoms with Crippen LogP contribution in [0.3, 0.4) is 0 Å². The molecule has 0 aliphatic heterocycles. The van der Waals surface area contributed by atoms with Crippen molar-refractivity contribution in [1.29, 1.82) is 0 Å². The maximum Gasteiger partial charge on any atom is 0.122 e. The Morgan fingerprint density at radius 2 is 1.89 bits per heavy atom. The highest BCUT2D eigenvalue weighted by Gasteiger charge is 2.16. The van der Waals surface area contributed by atoms with Crippen LogP contribution in [-0.2, 0) is 5.41 Å². The largest absolute Gasteiger partial charge is 0.507 e. The van der Waals surface area contributed by atoms with Crippen LogP contribution in [0, 0.1) is 0 Å². The molecule has 0 bridgehead atoms. The number of phenols is 1. The molecule has 1 N–H and O–H groups in total. The Labute approximate surface area is 112 Å². The summed E-state index contributed by atoms with van der Waals surface area (Å²) >= 11 is 1.62. The van der Waals surface area contributed by atoms with Gasteiger partial charge in [-0.05, 0) is 18.2 Å². The van der Waals surface area contributed by atoms with Crippen molar-refractivity contribution in [3.8, 4) is 5.75 Å². The lowest BCUT2D eigenvalue weighted by molar-refractivity contribution is 0.474. The topological polar surface area (TPSA) is 33.1 Å². The second kappa shape index (κ2) is 4.94. The van der Waals surface area contributed by atoms with E-state index in [4.69, 9.17) is 0 Å². The summed E-state index contributed by atoms with van der Waals surface area (Å²) in [6, 6.07) is 7.28. The lowest BCUT2D eigenvalue weighted by Crippen LogP contribution is -2.11. The van der Waals surface area contributed by atoms with Crippen LogP contribution < -0.4 is 0 Å². The van der Waals surface area contributed by atoms with Crippen LogP contribution in [0.4, 0.5) is 0 Å². The summed E-state index contributed by atoms with van der Waals surface area (Å²) in [5.41, 5.74) is 1.99.